The molecule has 0 aliphatic heterocycles. The van der Waals surface area contributed by atoms with E-state index in [9.17, 15) is 4.57 Å². The van der Waals surface area contributed by atoms with E-state index >= 15 is 0 Å². The standard InChI is InChI=1S/C21H30NO3P/c1-3-24-26(23,25-4-2)17-11-16-22(18-20-12-7-5-8-13-20)19-21-14-9-6-10-15-21/h5-10,12-15H,3-4,11,16-19H2,1-2H3. The minimum atomic E-state index is -2.97. The summed E-state index contributed by atoms with van der Waals surface area (Å²) in [5, 5.41) is 0. The molecule has 26 heavy (non-hydrogen) atoms. The Hall–Kier alpha value is -1.45. The highest BCUT2D eigenvalue weighted by molar-refractivity contribution is 7.53. The molecule has 0 bridgehead atoms. The summed E-state index contributed by atoms with van der Waals surface area (Å²) in [5.41, 5.74) is 2.56. The van der Waals surface area contributed by atoms with Gasteiger partial charge in [-0.2, -0.15) is 0 Å². The zero-order valence-corrected chi connectivity index (χ0v) is 16.7. The molecule has 4 nitrogen and oxygen atoms in total. The van der Waals surface area contributed by atoms with Crippen LogP contribution >= 0.6 is 7.60 Å². The monoisotopic (exact) mass is 375 g/mol. The normalized spacial score (nSPS) is 11.8. The van der Waals surface area contributed by atoms with Crippen LogP contribution < -0.4 is 0 Å². The molecule has 142 valence electrons. The van der Waals surface area contributed by atoms with Gasteiger partial charge in [-0.3, -0.25) is 9.46 Å². The molecule has 0 saturated heterocycles. The van der Waals surface area contributed by atoms with Gasteiger partial charge in [-0.05, 0) is 37.9 Å². The molecular formula is C21H30NO3P. The summed E-state index contributed by atoms with van der Waals surface area (Å²) in [6, 6.07) is 20.9. The molecular weight excluding hydrogens is 345 g/mol. The molecule has 0 aliphatic rings. The first-order valence-corrected chi connectivity index (χ1v) is 11.1. The molecule has 0 aromatic heterocycles. The number of rotatable bonds is 12. The molecule has 0 atom stereocenters. The van der Waals surface area contributed by atoms with Crippen molar-refractivity contribution >= 4 is 7.60 Å². The molecule has 2 aromatic carbocycles. The van der Waals surface area contributed by atoms with E-state index in [-0.39, 0.29) is 0 Å². The van der Waals surface area contributed by atoms with Gasteiger partial charge in [0.1, 0.15) is 0 Å². The zero-order valence-electron chi connectivity index (χ0n) is 15.8. The Balaban J connectivity index is 1.97. The molecule has 0 amide bonds. The van der Waals surface area contributed by atoms with Crippen molar-refractivity contribution in [2.75, 3.05) is 25.9 Å². The van der Waals surface area contributed by atoms with Gasteiger partial charge in [0.2, 0.25) is 0 Å². The predicted molar refractivity (Wildman–Crippen MR) is 107 cm³/mol. The van der Waals surface area contributed by atoms with E-state index in [0.29, 0.717) is 19.4 Å². The van der Waals surface area contributed by atoms with Gasteiger partial charge in [-0.1, -0.05) is 60.7 Å². The lowest BCUT2D eigenvalue weighted by atomic mass is 10.1. The first-order chi connectivity index (χ1) is 12.6. The highest BCUT2D eigenvalue weighted by Crippen LogP contribution is 2.48. The lowest BCUT2D eigenvalue weighted by Crippen LogP contribution is -2.24. The average Bonchev–Trinajstić information content (AvgIpc) is 2.64. The van der Waals surface area contributed by atoms with Crippen LogP contribution in [0, 0.1) is 0 Å². The lowest BCUT2D eigenvalue weighted by Gasteiger charge is -2.24. The van der Waals surface area contributed by atoms with Gasteiger partial charge in [0, 0.05) is 13.1 Å². The van der Waals surface area contributed by atoms with Crippen LogP contribution in [0.4, 0.5) is 0 Å². The van der Waals surface area contributed by atoms with E-state index in [2.05, 4.69) is 53.4 Å². The Bertz CT molecular complexity index is 612. The van der Waals surface area contributed by atoms with Crippen molar-refractivity contribution in [1.29, 1.82) is 0 Å². The number of nitrogens with zero attached hydrogens (tertiary/aromatic N) is 1. The summed E-state index contributed by atoms with van der Waals surface area (Å²) in [6.45, 7) is 7.09. The second kappa shape index (κ2) is 11.3. The molecule has 2 aromatic rings. The fraction of sp³-hybridized carbons (Fsp3) is 0.429. The van der Waals surface area contributed by atoms with Crippen molar-refractivity contribution in [2.45, 2.75) is 33.4 Å². The molecule has 0 spiro atoms. The second-order valence-corrected chi connectivity index (χ2v) is 8.39. The molecule has 0 unspecified atom stereocenters. The second-order valence-electron chi connectivity index (χ2n) is 6.21. The van der Waals surface area contributed by atoms with E-state index < -0.39 is 7.60 Å². The number of hydrogen-bond donors (Lipinski definition) is 0. The summed E-state index contributed by atoms with van der Waals surface area (Å²) in [7, 11) is -2.97. The predicted octanol–water partition coefficient (Wildman–Crippen LogP) is 5.35. The quantitative estimate of drug-likeness (QED) is 0.469. The maximum Gasteiger partial charge on any atom is 0.330 e. The van der Waals surface area contributed by atoms with Gasteiger partial charge in [0.05, 0.1) is 19.4 Å². The minimum absolute atomic E-state index is 0.412. The third-order valence-electron chi connectivity index (χ3n) is 4.06. The zero-order chi connectivity index (χ0) is 18.7. The van der Waals surface area contributed by atoms with E-state index in [1.54, 1.807) is 0 Å². The van der Waals surface area contributed by atoms with Crippen LogP contribution in [0.1, 0.15) is 31.4 Å². The molecule has 0 aliphatic carbocycles. The van der Waals surface area contributed by atoms with E-state index in [1.165, 1.54) is 11.1 Å². The van der Waals surface area contributed by atoms with Crippen LogP contribution in [0.15, 0.2) is 60.7 Å². The van der Waals surface area contributed by atoms with Gasteiger partial charge in [0.15, 0.2) is 0 Å². The summed E-state index contributed by atoms with van der Waals surface area (Å²) >= 11 is 0. The van der Waals surface area contributed by atoms with Crippen molar-refractivity contribution in [3.05, 3.63) is 71.8 Å². The first-order valence-electron chi connectivity index (χ1n) is 9.33. The molecule has 5 heteroatoms. The van der Waals surface area contributed by atoms with Crippen LogP contribution in [0.5, 0.6) is 0 Å². The Morgan fingerprint density at radius 2 is 1.27 bits per heavy atom. The van der Waals surface area contributed by atoms with Crippen molar-refractivity contribution in [1.82, 2.24) is 4.90 Å². The number of hydrogen-bond acceptors (Lipinski definition) is 4. The van der Waals surface area contributed by atoms with Crippen molar-refractivity contribution < 1.29 is 13.6 Å². The van der Waals surface area contributed by atoms with Crippen molar-refractivity contribution in [3.63, 3.8) is 0 Å². The highest BCUT2D eigenvalue weighted by atomic mass is 31.2. The fourth-order valence-electron chi connectivity index (χ4n) is 2.94. The van der Waals surface area contributed by atoms with Gasteiger partial charge >= 0.3 is 7.60 Å². The van der Waals surface area contributed by atoms with E-state index in [1.807, 2.05) is 26.0 Å². The lowest BCUT2D eigenvalue weighted by molar-refractivity contribution is 0.214. The van der Waals surface area contributed by atoms with Crippen molar-refractivity contribution in [3.8, 4) is 0 Å². The summed E-state index contributed by atoms with van der Waals surface area (Å²) in [4.78, 5) is 2.38. The maximum atomic E-state index is 12.6. The van der Waals surface area contributed by atoms with Gasteiger partial charge < -0.3 is 9.05 Å². The van der Waals surface area contributed by atoms with Crippen LogP contribution in [-0.4, -0.2) is 30.8 Å². The van der Waals surface area contributed by atoms with Crippen LogP contribution in [-0.2, 0) is 26.7 Å². The van der Waals surface area contributed by atoms with Crippen LogP contribution in [0.2, 0.25) is 0 Å². The first kappa shape index (κ1) is 20.9. The average molecular weight is 375 g/mol. The van der Waals surface area contributed by atoms with Gasteiger partial charge in [-0.15, -0.1) is 0 Å². The van der Waals surface area contributed by atoms with Gasteiger partial charge in [-0.25, -0.2) is 0 Å². The molecule has 0 radical (unpaired) electrons. The molecule has 0 fully saturated rings. The third kappa shape index (κ3) is 7.43. The largest absolute Gasteiger partial charge is 0.330 e. The van der Waals surface area contributed by atoms with E-state index in [0.717, 1.165) is 26.1 Å². The minimum Gasteiger partial charge on any atom is -0.309 e. The molecule has 2 rings (SSSR count). The smallest absolute Gasteiger partial charge is 0.309 e. The van der Waals surface area contributed by atoms with Crippen molar-refractivity contribution in [2.24, 2.45) is 0 Å². The van der Waals surface area contributed by atoms with Crippen LogP contribution in [0.3, 0.4) is 0 Å². The molecule has 0 heterocycles. The fourth-order valence-corrected chi connectivity index (χ4v) is 4.59. The maximum absolute atomic E-state index is 12.6. The summed E-state index contributed by atoms with van der Waals surface area (Å²) in [6.07, 6.45) is 1.23. The van der Waals surface area contributed by atoms with E-state index in [4.69, 9.17) is 9.05 Å². The van der Waals surface area contributed by atoms with Crippen LogP contribution in [0.25, 0.3) is 0 Å². The summed E-state index contributed by atoms with van der Waals surface area (Å²) in [5.74, 6) is 0. The third-order valence-corrected chi connectivity index (χ3v) is 6.22. The Morgan fingerprint density at radius 3 is 1.69 bits per heavy atom. The SMILES string of the molecule is CCOP(=O)(CCCN(Cc1ccccc1)Cc1ccccc1)OCC. The Labute approximate surface area is 157 Å². The Morgan fingerprint density at radius 1 is 0.808 bits per heavy atom. The highest BCUT2D eigenvalue weighted by Gasteiger charge is 2.23. The topological polar surface area (TPSA) is 38.8 Å². The summed E-state index contributed by atoms with van der Waals surface area (Å²) < 4.78 is 23.5. The Kier molecular flexibility index (Phi) is 9.07. The molecule has 0 saturated carbocycles. The molecule has 0 N–H and O–H groups in total. The van der Waals surface area contributed by atoms with Gasteiger partial charge in [0.25, 0.3) is 0 Å². The number of benzene rings is 2.